The molecule has 2 heteroatoms. The molecule has 0 radical (unpaired) electrons. The molecule has 17 heavy (non-hydrogen) atoms. The molecular formula is C15H23NO. The van der Waals surface area contributed by atoms with Gasteiger partial charge in [-0.05, 0) is 35.8 Å². The van der Waals surface area contributed by atoms with Crippen molar-refractivity contribution < 1.29 is 4.84 Å². The SMILES string of the molecule is CONCc1cccc(C2CCC(C)CC2)c1. The van der Waals surface area contributed by atoms with E-state index in [9.17, 15) is 0 Å². The third-order valence-corrected chi connectivity index (χ3v) is 3.86. The number of rotatable bonds is 4. The van der Waals surface area contributed by atoms with Crippen LogP contribution in [0.5, 0.6) is 0 Å². The number of benzene rings is 1. The van der Waals surface area contributed by atoms with Gasteiger partial charge in [-0.1, -0.05) is 44.0 Å². The van der Waals surface area contributed by atoms with Gasteiger partial charge in [0, 0.05) is 6.54 Å². The molecule has 1 saturated carbocycles. The van der Waals surface area contributed by atoms with Crippen LogP contribution >= 0.6 is 0 Å². The molecule has 0 bridgehead atoms. The highest BCUT2D eigenvalue weighted by Gasteiger charge is 2.19. The predicted molar refractivity (Wildman–Crippen MR) is 70.7 cm³/mol. The zero-order valence-corrected chi connectivity index (χ0v) is 10.9. The summed E-state index contributed by atoms with van der Waals surface area (Å²) in [5.41, 5.74) is 5.72. The van der Waals surface area contributed by atoms with Gasteiger partial charge in [0.2, 0.25) is 0 Å². The molecule has 0 amide bonds. The average Bonchev–Trinajstić information content (AvgIpc) is 2.37. The van der Waals surface area contributed by atoms with Gasteiger partial charge in [0.15, 0.2) is 0 Å². The Morgan fingerprint density at radius 1 is 1.24 bits per heavy atom. The zero-order chi connectivity index (χ0) is 12.1. The van der Waals surface area contributed by atoms with E-state index < -0.39 is 0 Å². The van der Waals surface area contributed by atoms with Gasteiger partial charge in [0.25, 0.3) is 0 Å². The van der Waals surface area contributed by atoms with E-state index in [-0.39, 0.29) is 0 Å². The molecule has 1 aliphatic carbocycles. The van der Waals surface area contributed by atoms with Crippen LogP contribution in [-0.2, 0) is 11.4 Å². The van der Waals surface area contributed by atoms with Crippen molar-refractivity contribution in [2.45, 2.75) is 45.1 Å². The van der Waals surface area contributed by atoms with Crippen molar-refractivity contribution in [2.75, 3.05) is 7.11 Å². The second-order valence-corrected chi connectivity index (χ2v) is 5.23. The summed E-state index contributed by atoms with van der Waals surface area (Å²) in [6.45, 7) is 3.16. The van der Waals surface area contributed by atoms with Crippen molar-refractivity contribution in [1.82, 2.24) is 5.48 Å². The summed E-state index contributed by atoms with van der Waals surface area (Å²) in [7, 11) is 1.66. The van der Waals surface area contributed by atoms with E-state index in [1.807, 2.05) is 0 Å². The molecule has 0 heterocycles. The number of nitrogens with one attached hydrogen (secondary N) is 1. The van der Waals surface area contributed by atoms with Crippen LogP contribution in [0, 0.1) is 5.92 Å². The maximum absolute atomic E-state index is 4.90. The summed E-state index contributed by atoms with van der Waals surface area (Å²) in [6.07, 6.45) is 5.46. The molecule has 0 saturated heterocycles. The van der Waals surface area contributed by atoms with Gasteiger partial charge in [-0.15, -0.1) is 0 Å². The minimum absolute atomic E-state index is 0.772. The first-order valence-electron chi connectivity index (χ1n) is 6.64. The standard InChI is InChI=1S/C15H23NO/c1-12-6-8-14(9-7-12)15-5-3-4-13(10-15)11-16-17-2/h3-5,10,12,14,16H,6-9,11H2,1-2H3. The Labute approximate surface area is 104 Å². The van der Waals surface area contributed by atoms with E-state index in [2.05, 4.69) is 36.7 Å². The Bertz CT molecular complexity index is 343. The number of hydrogen-bond acceptors (Lipinski definition) is 2. The van der Waals surface area contributed by atoms with E-state index in [0.717, 1.165) is 18.4 Å². The van der Waals surface area contributed by atoms with Crippen LogP contribution in [0.2, 0.25) is 0 Å². The summed E-state index contributed by atoms with van der Waals surface area (Å²) < 4.78 is 0. The zero-order valence-electron chi connectivity index (χ0n) is 10.9. The molecule has 0 spiro atoms. The van der Waals surface area contributed by atoms with E-state index in [4.69, 9.17) is 4.84 Å². The molecule has 1 aromatic rings. The fraction of sp³-hybridized carbons (Fsp3) is 0.600. The lowest BCUT2D eigenvalue weighted by Crippen LogP contribution is -2.13. The van der Waals surface area contributed by atoms with Gasteiger partial charge in [-0.3, -0.25) is 0 Å². The molecule has 1 N–H and O–H groups in total. The first-order valence-corrected chi connectivity index (χ1v) is 6.64. The van der Waals surface area contributed by atoms with Crippen LogP contribution in [0.3, 0.4) is 0 Å². The molecule has 1 aromatic carbocycles. The molecule has 2 nitrogen and oxygen atoms in total. The average molecular weight is 233 g/mol. The molecule has 0 unspecified atom stereocenters. The third kappa shape index (κ3) is 3.55. The van der Waals surface area contributed by atoms with Crippen molar-refractivity contribution in [3.8, 4) is 0 Å². The second-order valence-electron chi connectivity index (χ2n) is 5.23. The van der Waals surface area contributed by atoms with Gasteiger partial charge in [0.1, 0.15) is 0 Å². The molecule has 1 fully saturated rings. The van der Waals surface area contributed by atoms with Gasteiger partial charge in [-0.25, -0.2) is 0 Å². The lowest BCUT2D eigenvalue weighted by Gasteiger charge is -2.26. The third-order valence-electron chi connectivity index (χ3n) is 3.86. The molecule has 94 valence electrons. The van der Waals surface area contributed by atoms with Crippen LogP contribution in [0.25, 0.3) is 0 Å². The van der Waals surface area contributed by atoms with Gasteiger partial charge in [-0.2, -0.15) is 5.48 Å². The first-order chi connectivity index (χ1) is 8.29. The van der Waals surface area contributed by atoms with Crippen LogP contribution in [0.1, 0.15) is 49.7 Å². The van der Waals surface area contributed by atoms with Gasteiger partial charge in [0.05, 0.1) is 7.11 Å². The monoisotopic (exact) mass is 233 g/mol. The Hall–Kier alpha value is -0.860. The van der Waals surface area contributed by atoms with Crippen molar-refractivity contribution in [1.29, 1.82) is 0 Å². The van der Waals surface area contributed by atoms with Gasteiger partial charge < -0.3 is 4.84 Å². The smallest absolute Gasteiger partial charge is 0.0572 e. The molecular weight excluding hydrogens is 210 g/mol. The van der Waals surface area contributed by atoms with E-state index in [1.165, 1.54) is 36.8 Å². The lowest BCUT2D eigenvalue weighted by atomic mass is 9.79. The maximum atomic E-state index is 4.90. The van der Waals surface area contributed by atoms with Crippen LogP contribution < -0.4 is 5.48 Å². The maximum Gasteiger partial charge on any atom is 0.0572 e. The van der Waals surface area contributed by atoms with Crippen LogP contribution in [0.4, 0.5) is 0 Å². The normalized spacial score (nSPS) is 24.8. The summed E-state index contributed by atoms with van der Waals surface area (Å²) in [6, 6.07) is 8.92. The number of hydroxylamine groups is 1. The van der Waals surface area contributed by atoms with Crippen LogP contribution in [-0.4, -0.2) is 7.11 Å². The number of hydrogen-bond donors (Lipinski definition) is 1. The van der Waals surface area contributed by atoms with Crippen molar-refractivity contribution in [2.24, 2.45) is 5.92 Å². The fourth-order valence-corrected chi connectivity index (χ4v) is 2.71. The second kappa shape index (κ2) is 6.18. The molecule has 1 aliphatic rings. The minimum Gasteiger partial charge on any atom is -0.305 e. The Balaban J connectivity index is 2.00. The highest BCUT2D eigenvalue weighted by molar-refractivity contribution is 5.26. The van der Waals surface area contributed by atoms with Crippen molar-refractivity contribution >= 4 is 0 Å². The molecule has 0 atom stereocenters. The quantitative estimate of drug-likeness (QED) is 0.802. The first kappa shape index (κ1) is 12.6. The fourth-order valence-electron chi connectivity index (χ4n) is 2.71. The van der Waals surface area contributed by atoms with E-state index >= 15 is 0 Å². The summed E-state index contributed by atoms with van der Waals surface area (Å²) in [4.78, 5) is 4.90. The molecule has 2 rings (SSSR count). The Morgan fingerprint density at radius 3 is 2.71 bits per heavy atom. The van der Waals surface area contributed by atoms with Crippen molar-refractivity contribution in [3.63, 3.8) is 0 Å². The predicted octanol–water partition coefficient (Wildman–Crippen LogP) is 3.63. The molecule has 0 aliphatic heterocycles. The summed E-state index contributed by atoms with van der Waals surface area (Å²) in [5.74, 6) is 1.69. The Morgan fingerprint density at radius 2 is 2.00 bits per heavy atom. The van der Waals surface area contributed by atoms with Gasteiger partial charge >= 0.3 is 0 Å². The largest absolute Gasteiger partial charge is 0.305 e. The summed E-state index contributed by atoms with van der Waals surface area (Å²) >= 11 is 0. The Kier molecular flexibility index (Phi) is 4.57. The molecule has 0 aromatic heterocycles. The topological polar surface area (TPSA) is 21.3 Å². The highest BCUT2D eigenvalue weighted by Crippen LogP contribution is 2.35. The summed E-state index contributed by atoms with van der Waals surface area (Å²) in [5, 5.41) is 0. The van der Waals surface area contributed by atoms with E-state index in [0.29, 0.717) is 0 Å². The lowest BCUT2D eigenvalue weighted by molar-refractivity contribution is 0.0867. The van der Waals surface area contributed by atoms with Crippen LogP contribution in [0.15, 0.2) is 24.3 Å². The van der Waals surface area contributed by atoms with E-state index in [1.54, 1.807) is 7.11 Å². The minimum atomic E-state index is 0.772. The highest BCUT2D eigenvalue weighted by atomic mass is 16.6. The van der Waals surface area contributed by atoms with Crippen molar-refractivity contribution in [3.05, 3.63) is 35.4 Å².